The molecule has 2 rings (SSSR count). The number of alkyl halides is 3. The molecule has 0 aliphatic carbocycles. The first-order valence-electron chi connectivity index (χ1n) is 5.16. The molecule has 19 heavy (non-hydrogen) atoms. The van der Waals surface area contributed by atoms with Gasteiger partial charge in [0.25, 0.3) is 0 Å². The van der Waals surface area contributed by atoms with Crippen LogP contribution in [0.1, 0.15) is 0 Å². The lowest BCUT2D eigenvalue weighted by atomic mass is 10.1. The van der Waals surface area contributed by atoms with Gasteiger partial charge in [-0.2, -0.15) is 13.2 Å². The van der Waals surface area contributed by atoms with E-state index in [2.05, 4.69) is 0 Å². The van der Waals surface area contributed by atoms with E-state index in [1.807, 2.05) is 0 Å². The number of halogens is 5. The van der Waals surface area contributed by atoms with E-state index < -0.39 is 11.3 Å². The summed E-state index contributed by atoms with van der Waals surface area (Å²) < 4.78 is 49.8. The molecule has 0 heterocycles. The van der Waals surface area contributed by atoms with Crippen molar-refractivity contribution in [2.24, 2.45) is 0 Å². The molecular formula is C13H7ClF4S. The fraction of sp³-hybridized carbons (Fsp3) is 0.0769. The molecule has 0 unspecified atom stereocenters. The van der Waals surface area contributed by atoms with Crippen molar-refractivity contribution in [3.63, 3.8) is 0 Å². The summed E-state index contributed by atoms with van der Waals surface area (Å²) in [5.41, 5.74) is -3.25. The second kappa shape index (κ2) is 5.43. The van der Waals surface area contributed by atoms with Gasteiger partial charge in [0.15, 0.2) is 0 Å². The van der Waals surface area contributed by atoms with Crippen molar-refractivity contribution in [1.82, 2.24) is 0 Å². The smallest absolute Gasteiger partial charge is 0.207 e. The van der Waals surface area contributed by atoms with E-state index in [9.17, 15) is 17.6 Å². The number of rotatable bonds is 2. The highest BCUT2D eigenvalue weighted by Crippen LogP contribution is 2.39. The van der Waals surface area contributed by atoms with E-state index in [4.69, 9.17) is 11.6 Å². The molecule has 0 saturated heterocycles. The second-order valence-corrected chi connectivity index (χ2v) is 5.31. The maximum atomic E-state index is 12.8. The minimum Gasteiger partial charge on any atom is -0.207 e. The van der Waals surface area contributed by atoms with Gasteiger partial charge < -0.3 is 0 Å². The van der Waals surface area contributed by atoms with Crippen LogP contribution in [0.15, 0.2) is 47.4 Å². The van der Waals surface area contributed by atoms with Crippen molar-refractivity contribution < 1.29 is 17.6 Å². The predicted molar refractivity (Wildman–Crippen MR) is 68.8 cm³/mol. The van der Waals surface area contributed by atoms with Gasteiger partial charge in [-0.1, -0.05) is 23.7 Å². The number of benzene rings is 2. The fourth-order valence-electron chi connectivity index (χ4n) is 1.56. The van der Waals surface area contributed by atoms with Gasteiger partial charge in [-0.25, -0.2) is 4.39 Å². The Balaban J connectivity index is 2.39. The summed E-state index contributed by atoms with van der Waals surface area (Å²) in [5.74, 6) is -0.407. The number of thioether (sulfide) groups is 1. The normalized spacial score (nSPS) is 11.6. The van der Waals surface area contributed by atoms with Crippen LogP contribution in [-0.4, -0.2) is 5.51 Å². The second-order valence-electron chi connectivity index (χ2n) is 3.73. The third-order valence-corrected chi connectivity index (χ3v) is 3.20. The Morgan fingerprint density at radius 1 is 0.895 bits per heavy atom. The van der Waals surface area contributed by atoms with Gasteiger partial charge in [0, 0.05) is 9.92 Å². The number of hydrogen-bond acceptors (Lipinski definition) is 1. The van der Waals surface area contributed by atoms with Crippen LogP contribution in [-0.2, 0) is 0 Å². The molecule has 6 heteroatoms. The third-order valence-electron chi connectivity index (χ3n) is 2.28. The summed E-state index contributed by atoms with van der Waals surface area (Å²) in [6, 6.07) is 9.62. The van der Waals surface area contributed by atoms with Crippen LogP contribution in [0.5, 0.6) is 0 Å². The van der Waals surface area contributed by atoms with Gasteiger partial charge in [0.05, 0.1) is 0 Å². The molecule has 2 aromatic rings. The molecule has 0 atom stereocenters. The van der Waals surface area contributed by atoms with Crippen LogP contribution in [0.3, 0.4) is 0 Å². The molecule has 0 N–H and O–H groups in total. The molecule has 0 fully saturated rings. The van der Waals surface area contributed by atoms with E-state index in [1.54, 1.807) is 0 Å². The Morgan fingerprint density at radius 3 is 2.11 bits per heavy atom. The fourth-order valence-corrected chi connectivity index (χ4v) is 2.50. The van der Waals surface area contributed by atoms with Crippen LogP contribution in [0.25, 0.3) is 11.1 Å². The van der Waals surface area contributed by atoms with Gasteiger partial charge >= 0.3 is 5.51 Å². The molecule has 0 radical (unpaired) electrons. The van der Waals surface area contributed by atoms with E-state index in [0.29, 0.717) is 11.1 Å². The molecule has 0 aliphatic heterocycles. The van der Waals surface area contributed by atoms with Crippen molar-refractivity contribution in [2.75, 3.05) is 0 Å². The Morgan fingerprint density at radius 2 is 1.53 bits per heavy atom. The van der Waals surface area contributed by atoms with Crippen LogP contribution in [0.4, 0.5) is 17.6 Å². The summed E-state index contributed by atoms with van der Waals surface area (Å²) in [7, 11) is 0. The van der Waals surface area contributed by atoms with Gasteiger partial charge in [-0.15, -0.1) is 0 Å². The summed E-state index contributed by atoms with van der Waals surface area (Å²) in [5, 5.41) is 0.202. The quantitative estimate of drug-likeness (QED) is 0.502. The lowest BCUT2D eigenvalue weighted by molar-refractivity contribution is -0.0328. The first kappa shape index (κ1) is 14.2. The summed E-state index contributed by atoms with van der Waals surface area (Å²) >= 11 is 5.57. The predicted octanol–water partition coefficient (Wildman–Crippen LogP) is 5.76. The molecular weight excluding hydrogens is 300 g/mol. The molecule has 0 bridgehead atoms. The van der Waals surface area contributed by atoms with Crippen molar-refractivity contribution >= 4 is 23.4 Å². The Kier molecular flexibility index (Phi) is 4.06. The van der Waals surface area contributed by atoms with Crippen LogP contribution in [0, 0.1) is 5.82 Å². The maximum Gasteiger partial charge on any atom is 0.446 e. The van der Waals surface area contributed by atoms with E-state index in [1.165, 1.54) is 42.5 Å². The highest BCUT2D eigenvalue weighted by atomic mass is 35.5. The van der Waals surface area contributed by atoms with Crippen molar-refractivity contribution in [3.05, 3.63) is 53.3 Å². The van der Waals surface area contributed by atoms with Gasteiger partial charge in [0.2, 0.25) is 0 Å². The SMILES string of the molecule is Fc1ccc(-c2cc(Cl)cc(SC(F)(F)F)c2)cc1. The van der Waals surface area contributed by atoms with Crippen molar-refractivity contribution in [3.8, 4) is 11.1 Å². The molecule has 0 saturated carbocycles. The van der Waals surface area contributed by atoms with Crippen molar-refractivity contribution in [1.29, 1.82) is 0 Å². The molecule has 0 spiro atoms. The standard InChI is InChI=1S/C13H7ClF4S/c14-10-5-9(8-1-3-11(15)4-2-8)6-12(7-10)19-13(16,17)18/h1-7H. The number of hydrogen-bond donors (Lipinski definition) is 0. The van der Waals surface area contributed by atoms with E-state index >= 15 is 0 Å². The average molecular weight is 307 g/mol. The molecule has 0 nitrogen and oxygen atoms in total. The third kappa shape index (κ3) is 4.14. The Bertz CT molecular complexity index is 578. The van der Waals surface area contributed by atoms with Gasteiger partial charge in [-0.3, -0.25) is 0 Å². The molecule has 100 valence electrons. The van der Waals surface area contributed by atoms with E-state index in [0.717, 1.165) is 0 Å². The van der Waals surface area contributed by atoms with Crippen molar-refractivity contribution in [2.45, 2.75) is 10.4 Å². The largest absolute Gasteiger partial charge is 0.446 e. The zero-order valence-corrected chi connectivity index (χ0v) is 10.9. The highest BCUT2D eigenvalue weighted by molar-refractivity contribution is 8.00. The minimum absolute atomic E-state index is 0.000625. The summed E-state index contributed by atoms with van der Waals surface area (Å²) in [4.78, 5) is -0.000625. The first-order valence-corrected chi connectivity index (χ1v) is 6.35. The minimum atomic E-state index is -4.37. The summed E-state index contributed by atoms with van der Waals surface area (Å²) in [6.45, 7) is 0. The van der Waals surface area contributed by atoms with E-state index in [-0.39, 0.29) is 21.7 Å². The molecule has 0 amide bonds. The topological polar surface area (TPSA) is 0 Å². The zero-order chi connectivity index (χ0) is 14.0. The lowest BCUT2D eigenvalue weighted by Gasteiger charge is -2.09. The zero-order valence-electron chi connectivity index (χ0n) is 9.34. The van der Waals surface area contributed by atoms with Gasteiger partial charge in [0.1, 0.15) is 5.82 Å². The monoisotopic (exact) mass is 306 g/mol. The molecule has 2 aromatic carbocycles. The first-order chi connectivity index (χ1) is 8.83. The molecule has 0 aliphatic rings. The Labute approximate surface area is 116 Å². The van der Waals surface area contributed by atoms with Crippen LogP contribution in [0.2, 0.25) is 5.02 Å². The maximum absolute atomic E-state index is 12.8. The average Bonchev–Trinajstić information content (AvgIpc) is 2.26. The van der Waals surface area contributed by atoms with Gasteiger partial charge in [-0.05, 0) is 53.2 Å². The Hall–Kier alpha value is -1.20. The molecule has 0 aromatic heterocycles. The summed E-state index contributed by atoms with van der Waals surface area (Å²) in [6.07, 6.45) is 0. The van der Waals surface area contributed by atoms with Crippen LogP contribution >= 0.6 is 23.4 Å². The highest BCUT2D eigenvalue weighted by Gasteiger charge is 2.29. The lowest BCUT2D eigenvalue weighted by Crippen LogP contribution is -1.99. The van der Waals surface area contributed by atoms with Crippen LogP contribution < -0.4 is 0 Å².